The first kappa shape index (κ1) is 22.3. The summed E-state index contributed by atoms with van der Waals surface area (Å²) in [6.07, 6.45) is 2.37. The van der Waals surface area contributed by atoms with Crippen LogP contribution in [0.25, 0.3) is 17.2 Å². The number of methoxy groups -OCH3 is 1. The Morgan fingerprint density at radius 2 is 2.10 bits per heavy atom. The topological polar surface area (TPSA) is 152 Å². The van der Waals surface area contributed by atoms with E-state index in [0.717, 1.165) is 11.0 Å². The molecule has 1 aromatic carbocycles. The van der Waals surface area contributed by atoms with Gasteiger partial charge in [-0.2, -0.15) is 4.99 Å². The smallest absolute Gasteiger partial charge is 0.446 e. The van der Waals surface area contributed by atoms with Crippen molar-refractivity contribution in [3.05, 3.63) is 44.7 Å². The fourth-order valence-electron chi connectivity index (χ4n) is 2.79. The van der Waals surface area contributed by atoms with E-state index in [9.17, 15) is 14.0 Å². The van der Waals surface area contributed by atoms with Gasteiger partial charge in [0.15, 0.2) is 5.69 Å². The van der Waals surface area contributed by atoms with Crippen LogP contribution in [0, 0.1) is 5.82 Å². The van der Waals surface area contributed by atoms with E-state index in [1.54, 1.807) is 0 Å². The van der Waals surface area contributed by atoms with Crippen molar-refractivity contribution in [2.24, 2.45) is 10.7 Å². The highest BCUT2D eigenvalue weighted by atomic mass is 79.9. The predicted molar refractivity (Wildman–Crippen MR) is 109 cm³/mol. The predicted octanol–water partition coefficient (Wildman–Crippen LogP) is 3.00. The van der Waals surface area contributed by atoms with Crippen LogP contribution in [0.1, 0.15) is 31.4 Å². The summed E-state index contributed by atoms with van der Waals surface area (Å²) in [5.74, 6) is -0.944. The zero-order valence-electron chi connectivity index (χ0n) is 16.4. The molecule has 0 aliphatic carbocycles. The first-order valence-corrected chi connectivity index (χ1v) is 9.97. The molecule has 0 saturated heterocycles. The van der Waals surface area contributed by atoms with E-state index in [1.807, 2.05) is 0 Å². The van der Waals surface area contributed by atoms with E-state index in [2.05, 4.69) is 41.1 Å². The number of benzene rings is 1. The lowest BCUT2D eigenvalue weighted by atomic mass is 10.1. The number of nitrogens with zero attached hydrogens (tertiary/aromatic N) is 5. The summed E-state index contributed by atoms with van der Waals surface area (Å²) in [6.45, 7) is 0. The van der Waals surface area contributed by atoms with Gasteiger partial charge in [-0.05, 0) is 58.5 Å². The Kier molecular flexibility index (Phi) is 7.28. The number of halogens is 2. The number of aliphatic imine (C=N–C) groups is 1. The van der Waals surface area contributed by atoms with Crippen LogP contribution in [-0.4, -0.2) is 39.1 Å². The van der Waals surface area contributed by atoms with Gasteiger partial charge >= 0.3 is 11.8 Å². The molecule has 2 N–H and O–H groups in total. The fourth-order valence-corrected chi connectivity index (χ4v) is 3.15. The number of nitrogens with two attached hydrogens (primary N) is 1. The Balaban J connectivity index is 1.69. The first-order valence-electron chi connectivity index (χ1n) is 9.17. The SMILES string of the molecule is COC(=O)N=C(N)CCCCCc1nonc1-c1noc(=O)n1-c1ccc(F)c(Br)c1. The van der Waals surface area contributed by atoms with Gasteiger partial charge < -0.3 is 10.5 Å². The van der Waals surface area contributed by atoms with Crippen molar-refractivity contribution in [1.82, 2.24) is 20.0 Å². The van der Waals surface area contributed by atoms with Gasteiger partial charge in [-0.25, -0.2) is 23.2 Å². The second kappa shape index (κ2) is 10.1. The third-order valence-corrected chi connectivity index (χ3v) is 4.90. The summed E-state index contributed by atoms with van der Waals surface area (Å²) >= 11 is 3.09. The molecule has 164 valence electrons. The summed E-state index contributed by atoms with van der Waals surface area (Å²) in [4.78, 5) is 26.8. The van der Waals surface area contributed by atoms with Crippen molar-refractivity contribution >= 4 is 27.9 Å². The van der Waals surface area contributed by atoms with E-state index in [-0.39, 0.29) is 21.8 Å². The maximum atomic E-state index is 13.6. The molecule has 1 amide bonds. The molecule has 2 aromatic heterocycles. The molecule has 0 spiro atoms. The second-order valence-corrected chi connectivity index (χ2v) is 7.25. The van der Waals surface area contributed by atoms with E-state index in [1.165, 1.54) is 25.3 Å². The minimum Gasteiger partial charge on any atom is -0.451 e. The van der Waals surface area contributed by atoms with Gasteiger partial charge in [-0.3, -0.25) is 4.52 Å². The summed E-state index contributed by atoms with van der Waals surface area (Å²) < 4.78 is 28.9. The molecule has 0 radical (unpaired) electrons. The van der Waals surface area contributed by atoms with Crippen molar-refractivity contribution in [2.45, 2.75) is 32.1 Å². The molecule has 0 bridgehead atoms. The van der Waals surface area contributed by atoms with Crippen molar-refractivity contribution in [2.75, 3.05) is 7.11 Å². The van der Waals surface area contributed by atoms with Crippen LogP contribution in [0.15, 0.2) is 41.6 Å². The maximum absolute atomic E-state index is 13.6. The molecule has 31 heavy (non-hydrogen) atoms. The minimum atomic E-state index is -0.761. The molecule has 3 aromatic rings. The summed E-state index contributed by atoms with van der Waals surface area (Å²) in [5.41, 5.74) is 6.73. The number of aromatic nitrogens is 4. The van der Waals surface area contributed by atoms with Gasteiger partial charge in [0, 0.05) is 6.42 Å². The molecule has 0 saturated carbocycles. The van der Waals surface area contributed by atoms with Gasteiger partial charge in [0.2, 0.25) is 5.82 Å². The van der Waals surface area contributed by atoms with Gasteiger partial charge in [0.05, 0.1) is 17.3 Å². The lowest BCUT2D eigenvalue weighted by molar-refractivity contribution is 0.182. The first-order chi connectivity index (χ1) is 14.9. The van der Waals surface area contributed by atoms with Crippen LogP contribution in [0.2, 0.25) is 0 Å². The van der Waals surface area contributed by atoms with E-state index in [4.69, 9.17) is 14.9 Å². The number of ether oxygens (including phenoxy) is 1. The highest BCUT2D eigenvalue weighted by molar-refractivity contribution is 9.10. The number of hydrogen-bond donors (Lipinski definition) is 1. The van der Waals surface area contributed by atoms with Crippen molar-refractivity contribution in [3.63, 3.8) is 0 Å². The van der Waals surface area contributed by atoms with E-state index < -0.39 is 17.7 Å². The van der Waals surface area contributed by atoms with Crippen LogP contribution in [0.3, 0.4) is 0 Å². The second-order valence-electron chi connectivity index (χ2n) is 6.40. The van der Waals surface area contributed by atoms with Gasteiger partial charge in [0.25, 0.3) is 0 Å². The summed E-state index contributed by atoms with van der Waals surface area (Å²) in [5, 5.41) is 11.5. The molecule has 0 aliphatic heterocycles. The average Bonchev–Trinajstić information content (AvgIpc) is 3.35. The molecule has 11 nitrogen and oxygen atoms in total. The summed E-state index contributed by atoms with van der Waals surface area (Å²) in [6, 6.07) is 4.04. The highest BCUT2D eigenvalue weighted by Gasteiger charge is 2.22. The molecule has 0 fully saturated rings. The van der Waals surface area contributed by atoms with Crippen molar-refractivity contribution < 1.29 is 23.1 Å². The maximum Gasteiger partial charge on any atom is 0.446 e. The Bertz CT molecular complexity index is 1150. The Labute approximate surface area is 183 Å². The zero-order valence-corrected chi connectivity index (χ0v) is 18.0. The van der Waals surface area contributed by atoms with E-state index >= 15 is 0 Å². The molecular weight excluding hydrogens is 479 g/mol. The summed E-state index contributed by atoms with van der Waals surface area (Å²) in [7, 11) is 1.23. The van der Waals surface area contributed by atoms with Crippen LogP contribution in [0.4, 0.5) is 9.18 Å². The molecule has 0 aliphatic rings. The lowest BCUT2D eigenvalue weighted by Gasteiger charge is -2.05. The van der Waals surface area contributed by atoms with Crippen LogP contribution in [-0.2, 0) is 11.2 Å². The fraction of sp³-hybridized carbons (Fsp3) is 0.333. The number of amidine groups is 1. The number of aryl methyl sites for hydroxylation is 1. The Morgan fingerprint density at radius 1 is 1.29 bits per heavy atom. The minimum absolute atomic E-state index is 0.0919. The third kappa shape index (κ3) is 5.42. The normalized spacial score (nSPS) is 11.6. The van der Waals surface area contributed by atoms with E-state index in [0.29, 0.717) is 37.1 Å². The van der Waals surface area contributed by atoms with Crippen LogP contribution >= 0.6 is 15.9 Å². The molecule has 13 heteroatoms. The Morgan fingerprint density at radius 3 is 2.84 bits per heavy atom. The number of hydrogen-bond acceptors (Lipinski definition) is 8. The number of carbonyl (C=O) groups excluding carboxylic acids is 1. The lowest BCUT2D eigenvalue weighted by Crippen LogP contribution is -2.14. The van der Waals surface area contributed by atoms with Gasteiger partial charge in [0.1, 0.15) is 17.3 Å². The molecule has 3 rings (SSSR count). The van der Waals surface area contributed by atoms with Gasteiger partial charge in [-0.1, -0.05) is 16.7 Å². The Hall–Kier alpha value is -3.35. The number of carbonyl (C=O) groups is 1. The quantitative estimate of drug-likeness (QED) is 0.281. The number of rotatable bonds is 8. The average molecular weight is 497 g/mol. The molecule has 0 unspecified atom stereocenters. The standard InChI is InChI=1S/C18H18BrFN6O5/c1-29-17(27)22-14(21)6-4-2-3-5-13-15(24-31-23-13)16-25-30-18(28)26(16)10-7-8-12(20)11(19)9-10/h7-9H,2-6H2,1H3,(H2,21,22,27). The van der Waals surface area contributed by atoms with Crippen LogP contribution < -0.4 is 11.5 Å². The monoisotopic (exact) mass is 496 g/mol. The third-order valence-electron chi connectivity index (χ3n) is 4.29. The molecular formula is C18H18BrFN6O5. The van der Waals surface area contributed by atoms with Crippen molar-refractivity contribution in [1.29, 1.82) is 0 Å². The largest absolute Gasteiger partial charge is 0.451 e. The van der Waals surface area contributed by atoms with Gasteiger partial charge in [-0.15, -0.1) is 0 Å². The number of amides is 1. The molecule has 2 heterocycles. The molecule has 0 atom stereocenters. The highest BCUT2D eigenvalue weighted by Crippen LogP contribution is 2.24. The van der Waals surface area contributed by atoms with Crippen molar-refractivity contribution in [3.8, 4) is 17.2 Å². The van der Waals surface area contributed by atoms with Crippen LogP contribution in [0.5, 0.6) is 0 Å². The zero-order chi connectivity index (χ0) is 22.4. The number of unbranched alkanes of at least 4 members (excludes halogenated alkanes) is 2.